The lowest BCUT2D eigenvalue weighted by Gasteiger charge is -2.26. The first-order valence-electron chi connectivity index (χ1n) is 7.12. The van der Waals surface area contributed by atoms with E-state index in [9.17, 15) is 4.79 Å². The smallest absolute Gasteiger partial charge is 0.241 e. The van der Waals surface area contributed by atoms with Crippen LogP contribution in [0.25, 0.3) is 10.8 Å². The molecule has 1 heterocycles. The number of carbonyl (C=O) groups is 1. The molecule has 0 saturated heterocycles. The van der Waals surface area contributed by atoms with Crippen LogP contribution in [-0.4, -0.2) is 43.0 Å². The summed E-state index contributed by atoms with van der Waals surface area (Å²) in [5, 5.41) is 1.96. The van der Waals surface area contributed by atoms with Gasteiger partial charge in [0.05, 0.1) is 6.54 Å². The number of fused-ring (bicyclic) bond motifs is 1. The molecule has 2 aromatic rings. The van der Waals surface area contributed by atoms with Crippen molar-refractivity contribution in [2.24, 2.45) is 0 Å². The van der Waals surface area contributed by atoms with Crippen molar-refractivity contribution in [3.05, 3.63) is 30.6 Å². The van der Waals surface area contributed by atoms with Crippen molar-refractivity contribution in [2.75, 3.05) is 37.8 Å². The average Bonchev–Trinajstić information content (AvgIpc) is 2.47. The fraction of sp³-hybridized carbons (Fsp3) is 0.375. The summed E-state index contributed by atoms with van der Waals surface area (Å²) >= 11 is 0. The molecule has 0 saturated carbocycles. The van der Waals surface area contributed by atoms with Gasteiger partial charge in [-0.3, -0.25) is 9.78 Å². The molecule has 0 fully saturated rings. The van der Waals surface area contributed by atoms with E-state index in [2.05, 4.69) is 16.8 Å². The van der Waals surface area contributed by atoms with Crippen LogP contribution in [0.5, 0.6) is 0 Å². The Morgan fingerprint density at radius 2 is 2.00 bits per heavy atom. The summed E-state index contributed by atoms with van der Waals surface area (Å²) in [5.41, 5.74) is 7.76. The molecule has 5 nitrogen and oxygen atoms in total. The Kier molecular flexibility index (Phi) is 4.62. The van der Waals surface area contributed by atoms with E-state index in [1.54, 1.807) is 25.2 Å². The molecule has 2 N–H and O–H groups in total. The van der Waals surface area contributed by atoms with E-state index in [1.807, 2.05) is 24.4 Å². The van der Waals surface area contributed by atoms with E-state index in [0.29, 0.717) is 6.54 Å². The van der Waals surface area contributed by atoms with Crippen molar-refractivity contribution in [1.29, 1.82) is 0 Å². The SMILES string of the molecule is CCCN(CC(=O)N(C)C)c1ccc(N)c2ccncc12. The van der Waals surface area contributed by atoms with Crippen molar-refractivity contribution < 1.29 is 4.79 Å². The molecule has 1 amide bonds. The Labute approximate surface area is 125 Å². The van der Waals surface area contributed by atoms with Crippen molar-refractivity contribution >= 4 is 28.1 Å². The third-order valence-electron chi connectivity index (χ3n) is 3.49. The van der Waals surface area contributed by atoms with E-state index >= 15 is 0 Å². The van der Waals surface area contributed by atoms with Gasteiger partial charge in [-0.05, 0) is 24.6 Å². The van der Waals surface area contributed by atoms with Crippen LogP contribution in [0.15, 0.2) is 30.6 Å². The molecular weight excluding hydrogens is 264 g/mol. The standard InChI is InChI=1S/C16H22N4O/c1-4-9-20(11-16(21)19(2)3)15-6-5-14(17)12-7-8-18-10-13(12)15/h5-8,10H,4,9,11,17H2,1-3H3. The summed E-state index contributed by atoms with van der Waals surface area (Å²) in [6.45, 7) is 3.27. The summed E-state index contributed by atoms with van der Waals surface area (Å²) in [6, 6.07) is 5.77. The van der Waals surface area contributed by atoms with Gasteiger partial charge in [0, 0.05) is 55.2 Å². The third-order valence-corrected chi connectivity index (χ3v) is 3.49. The normalized spacial score (nSPS) is 10.6. The van der Waals surface area contributed by atoms with E-state index in [4.69, 9.17) is 5.73 Å². The summed E-state index contributed by atoms with van der Waals surface area (Å²) in [5.74, 6) is 0.0808. The first-order chi connectivity index (χ1) is 10.0. The molecule has 0 bridgehead atoms. The molecule has 0 radical (unpaired) electrons. The number of rotatable bonds is 5. The number of hydrogen-bond donors (Lipinski definition) is 1. The van der Waals surface area contributed by atoms with Gasteiger partial charge in [0.15, 0.2) is 0 Å². The second-order valence-corrected chi connectivity index (χ2v) is 5.30. The third kappa shape index (κ3) is 3.24. The zero-order chi connectivity index (χ0) is 15.4. The lowest BCUT2D eigenvalue weighted by atomic mass is 10.1. The monoisotopic (exact) mass is 286 g/mol. The van der Waals surface area contributed by atoms with E-state index in [1.165, 1.54) is 0 Å². The average molecular weight is 286 g/mol. The predicted octanol–water partition coefficient (Wildman–Crippen LogP) is 2.12. The molecule has 0 unspecified atom stereocenters. The molecule has 21 heavy (non-hydrogen) atoms. The highest BCUT2D eigenvalue weighted by atomic mass is 16.2. The number of pyridine rings is 1. The van der Waals surface area contributed by atoms with Gasteiger partial charge < -0.3 is 15.5 Å². The topological polar surface area (TPSA) is 62.5 Å². The number of anilines is 2. The Balaban J connectivity index is 2.45. The molecule has 1 aromatic carbocycles. The Hall–Kier alpha value is -2.30. The van der Waals surface area contributed by atoms with Crippen LogP contribution in [0.1, 0.15) is 13.3 Å². The Morgan fingerprint density at radius 3 is 2.67 bits per heavy atom. The molecule has 112 valence electrons. The number of benzene rings is 1. The maximum Gasteiger partial charge on any atom is 0.241 e. The number of nitrogens with zero attached hydrogens (tertiary/aromatic N) is 3. The molecule has 1 aromatic heterocycles. The van der Waals surface area contributed by atoms with Crippen LogP contribution in [0.3, 0.4) is 0 Å². The zero-order valence-electron chi connectivity index (χ0n) is 12.8. The van der Waals surface area contributed by atoms with Gasteiger partial charge in [-0.25, -0.2) is 0 Å². The second-order valence-electron chi connectivity index (χ2n) is 5.30. The predicted molar refractivity (Wildman–Crippen MR) is 87.4 cm³/mol. The number of carbonyl (C=O) groups excluding carboxylic acids is 1. The molecule has 5 heteroatoms. The fourth-order valence-electron chi connectivity index (χ4n) is 2.33. The largest absolute Gasteiger partial charge is 0.398 e. The van der Waals surface area contributed by atoms with Gasteiger partial charge in [-0.15, -0.1) is 0 Å². The molecule has 0 aliphatic rings. The minimum Gasteiger partial charge on any atom is -0.398 e. The molecule has 2 rings (SSSR count). The number of nitrogen functional groups attached to an aromatic ring is 1. The molecule has 0 aliphatic carbocycles. The number of aromatic nitrogens is 1. The molecular formula is C16H22N4O. The Morgan fingerprint density at radius 1 is 1.24 bits per heavy atom. The van der Waals surface area contributed by atoms with Crippen LogP contribution in [0.2, 0.25) is 0 Å². The van der Waals surface area contributed by atoms with E-state index in [-0.39, 0.29) is 5.91 Å². The highest BCUT2D eigenvalue weighted by Gasteiger charge is 2.15. The summed E-state index contributed by atoms with van der Waals surface area (Å²) < 4.78 is 0. The summed E-state index contributed by atoms with van der Waals surface area (Å²) in [7, 11) is 3.55. The van der Waals surface area contributed by atoms with E-state index < -0.39 is 0 Å². The maximum absolute atomic E-state index is 12.0. The first kappa shape index (κ1) is 15.1. The quantitative estimate of drug-likeness (QED) is 0.855. The Bertz CT molecular complexity index is 639. The minimum atomic E-state index is 0.0808. The number of nitrogens with two attached hydrogens (primary N) is 1. The van der Waals surface area contributed by atoms with Crippen molar-refractivity contribution in [3.8, 4) is 0 Å². The maximum atomic E-state index is 12.0. The molecule has 0 aliphatic heterocycles. The van der Waals surface area contributed by atoms with Gasteiger partial charge >= 0.3 is 0 Å². The number of likely N-dealkylation sites (N-methyl/N-ethyl adjacent to an activating group) is 1. The van der Waals surface area contributed by atoms with Gasteiger partial charge in [0.2, 0.25) is 5.91 Å². The first-order valence-corrected chi connectivity index (χ1v) is 7.12. The lowest BCUT2D eigenvalue weighted by molar-refractivity contribution is -0.127. The minimum absolute atomic E-state index is 0.0808. The van der Waals surface area contributed by atoms with Gasteiger partial charge in [-0.2, -0.15) is 0 Å². The summed E-state index contributed by atoms with van der Waals surface area (Å²) in [4.78, 5) is 19.9. The number of hydrogen-bond acceptors (Lipinski definition) is 4. The van der Waals surface area contributed by atoms with Gasteiger partial charge in [0.1, 0.15) is 0 Å². The zero-order valence-corrected chi connectivity index (χ0v) is 12.8. The van der Waals surface area contributed by atoms with E-state index in [0.717, 1.165) is 35.1 Å². The number of amides is 1. The highest BCUT2D eigenvalue weighted by molar-refractivity contribution is 6.01. The van der Waals surface area contributed by atoms with Gasteiger partial charge in [0.25, 0.3) is 0 Å². The van der Waals surface area contributed by atoms with Crippen molar-refractivity contribution in [1.82, 2.24) is 9.88 Å². The highest BCUT2D eigenvalue weighted by Crippen LogP contribution is 2.30. The van der Waals surface area contributed by atoms with Crippen LogP contribution < -0.4 is 10.6 Å². The van der Waals surface area contributed by atoms with Crippen LogP contribution in [0, 0.1) is 0 Å². The van der Waals surface area contributed by atoms with Gasteiger partial charge in [-0.1, -0.05) is 6.92 Å². The second kappa shape index (κ2) is 6.43. The molecule has 0 atom stereocenters. The van der Waals surface area contributed by atoms with Crippen LogP contribution >= 0.6 is 0 Å². The van der Waals surface area contributed by atoms with Crippen LogP contribution in [0.4, 0.5) is 11.4 Å². The van der Waals surface area contributed by atoms with Crippen LogP contribution in [-0.2, 0) is 4.79 Å². The fourth-order valence-corrected chi connectivity index (χ4v) is 2.33. The lowest BCUT2D eigenvalue weighted by Crippen LogP contribution is -2.37. The van der Waals surface area contributed by atoms with Crippen molar-refractivity contribution in [3.63, 3.8) is 0 Å². The van der Waals surface area contributed by atoms with Crippen molar-refractivity contribution in [2.45, 2.75) is 13.3 Å². The molecule has 0 spiro atoms. The summed E-state index contributed by atoms with van der Waals surface area (Å²) in [6.07, 6.45) is 4.51.